The maximum Gasteiger partial charge on any atom is 0.261 e. The molecular formula is C17H21ClN4O2S. The molecule has 1 aromatic heterocycles. The molecule has 1 N–H and O–H groups in total. The van der Waals surface area contributed by atoms with Crippen molar-refractivity contribution in [2.24, 2.45) is 0 Å². The highest BCUT2D eigenvalue weighted by Gasteiger charge is 2.18. The molecule has 0 aliphatic carbocycles. The number of hydrogen-bond donors (Lipinski definition) is 1. The van der Waals surface area contributed by atoms with Gasteiger partial charge in [0.25, 0.3) is 10.0 Å². The molecule has 0 unspecified atom stereocenters. The van der Waals surface area contributed by atoms with E-state index in [1.54, 1.807) is 24.4 Å². The van der Waals surface area contributed by atoms with Crippen molar-refractivity contribution in [2.45, 2.75) is 11.8 Å². The van der Waals surface area contributed by atoms with Crippen LogP contribution in [0.5, 0.6) is 0 Å². The molecule has 1 aromatic carbocycles. The Hall–Kier alpha value is -1.83. The number of anilines is 2. The van der Waals surface area contributed by atoms with Crippen LogP contribution in [0.15, 0.2) is 47.5 Å². The predicted octanol–water partition coefficient (Wildman–Crippen LogP) is 2.68. The van der Waals surface area contributed by atoms with Gasteiger partial charge in [0.15, 0.2) is 0 Å². The van der Waals surface area contributed by atoms with Crippen molar-refractivity contribution in [3.8, 4) is 0 Å². The lowest BCUT2D eigenvalue weighted by Gasteiger charge is -2.34. The molecule has 8 heteroatoms. The highest BCUT2D eigenvalue weighted by molar-refractivity contribution is 7.92. The number of halogens is 1. The van der Waals surface area contributed by atoms with Crippen LogP contribution in [-0.4, -0.2) is 51.0 Å². The minimum absolute atomic E-state index is 0.164. The molecule has 0 bridgehead atoms. The number of sulfonamides is 1. The number of aromatic nitrogens is 1. The van der Waals surface area contributed by atoms with E-state index in [-0.39, 0.29) is 4.90 Å². The summed E-state index contributed by atoms with van der Waals surface area (Å²) in [7, 11) is -3.65. The molecule has 6 nitrogen and oxygen atoms in total. The molecule has 0 spiro atoms. The van der Waals surface area contributed by atoms with E-state index in [0.29, 0.717) is 10.7 Å². The number of piperazine rings is 1. The first-order valence-corrected chi connectivity index (χ1v) is 10.1. The minimum Gasteiger partial charge on any atom is -0.354 e. The maximum absolute atomic E-state index is 12.4. The van der Waals surface area contributed by atoms with E-state index >= 15 is 0 Å². The molecule has 134 valence electrons. The van der Waals surface area contributed by atoms with Crippen molar-refractivity contribution in [2.75, 3.05) is 42.3 Å². The molecule has 0 amide bonds. The first-order chi connectivity index (χ1) is 12.0. The number of rotatable bonds is 5. The van der Waals surface area contributed by atoms with Gasteiger partial charge >= 0.3 is 0 Å². The summed E-state index contributed by atoms with van der Waals surface area (Å²) in [6.45, 7) is 7.11. The fourth-order valence-electron chi connectivity index (χ4n) is 2.75. The van der Waals surface area contributed by atoms with E-state index in [4.69, 9.17) is 11.6 Å². The van der Waals surface area contributed by atoms with Gasteiger partial charge in [-0.1, -0.05) is 18.5 Å². The van der Waals surface area contributed by atoms with Crippen LogP contribution in [0.2, 0.25) is 5.02 Å². The summed E-state index contributed by atoms with van der Waals surface area (Å²) in [4.78, 5) is 9.17. The summed E-state index contributed by atoms with van der Waals surface area (Å²) in [5.41, 5.74) is 0.436. The van der Waals surface area contributed by atoms with Gasteiger partial charge in [-0.25, -0.2) is 13.4 Å². The standard InChI is InChI=1S/C17H21ClN4O2S/c1-2-21-9-11-22(12-10-21)17-8-5-15(13-19-17)20-25(23,24)16-6-3-14(18)4-7-16/h3-8,13,20H,2,9-12H2,1H3. The molecule has 1 aliphatic rings. The molecule has 0 atom stereocenters. The van der Waals surface area contributed by atoms with Gasteiger partial charge in [-0.15, -0.1) is 0 Å². The Morgan fingerprint density at radius 3 is 2.32 bits per heavy atom. The monoisotopic (exact) mass is 380 g/mol. The topological polar surface area (TPSA) is 65.5 Å². The van der Waals surface area contributed by atoms with Gasteiger partial charge in [-0.2, -0.15) is 0 Å². The first kappa shape index (κ1) is 18.0. The van der Waals surface area contributed by atoms with Crippen molar-refractivity contribution in [3.63, 3.8) is 0 Å². The van der Waals surface area contributed by atoms with Gasteiger partial charge in [0.2, 0.25) is 0 Å². The van der Waals surface area contributed by atoms with Gasteiger partial charge in [0.05, 0.1) is 16.8 Å². The minimum atomic E-state index is -3.65. The summed E-state index contributed by atoms with van der Waals surface area (Å²) in [6, 6.07) is 9.63. The number of nitrogens with zero attached hydrogens (tertiary/aromatic N) is 3. The van der Waals surface area contributed by atoms with Crippen LogP contribution in [0.25, 0.3) is 0 Å². The molecule has 2 aromatic rings. The number of pyridine rings is 1. The Kier molecular flexibility index (Phi) is 5.46. The van der Waals surface area contributed by atoms with Gasteiger partial charge in [-0.3, -0.25) is 4.72 Å². The van der Waals surface area contributed by atoms with Crippen LogP contribution in [0.3, 0.4) is 0 Å². The lowest BCUT2D eigenvalue weighted by Crippen LogP contribution is -2.46. The molecule has 0 saturated carbocycles. The normalized spacial score (nSPS) is 16.0. The molecule has 1 saturated heterocycles. The van der Waals surface area contributed by atoms with Crippen LogP contribution in [-0.2, 0) is 10.0 Å². The third kappa shape index (κ3) is 4.42. The molecular weight excluding hydrogens is 360 g/mol. The predicted molar refractivity (Wildman–Crippen MR) is 101 cm³/mol. The molecule has 3 rings (SSSR count). The van der Waals surface area contributed by atoms with E-state index in [9.17, 15) is 8.42 Å². The Bertz CT molecular complexity index is 802. The Balaban J connectivity index is 1.67. The van der Waals surface area contributed by atoms with Crippen molar-refractivity contribution in [3.05, 3.63) is 47.6 Å². The SMILES string of the molecule is CCN1CCN(c2ccc(NS(=O)(=O)c3ccc(Cl)cc3)cn2)CC1. The van der Waals surface area contributed by atoms with Crippen molar-refractivity contribution in [1.29, 1.82) is 0 Å². The molecule has 0 radical (unpaired) electrons. The molecule has 1 fully saturated rings. The molecule has 25 heavy (non-hydrogen) atoms. The van der Waals surface area contributed by atoms with E-state index in [1.165, 1.54) is 12.1 Å². The molecule has 1 aliphatic heterocycles. The first-order valence-electron chi connectivity index (χ1n) is 8.19. The van der Waals surface area contributed by atoms with E-state index in [1.807, 2.05) is 6.07 Å². The van der Waals surface area contributed by atoms with Crippen LogP contribution in [0, 0.1) is 0 Å². The highest BCUT2D eigenvalue weighted by Crippen LogP contribution is 2.20. The molecule has 2 heterocycles. The summed E-state index contributed by atoms with van der Waals surface area (Å²) >= 11 is 5.80. The van der Waals surface area contributed by atoms with E-state index in [2.05, 4.69) is 26.4 Å². The zero-order valence-electron chi connectivity index (χ0n) is 14.0. The average molecular weight is 381 g/mol. The fraction of sp³-hybridized carbons (Fsp3) is 0.353. The van der Waals surface area contributed by atoms with E-state index in [0.717, 1.165) is 38.5 Å². The largest absolute Gasteiger partial charge is 0.354 e. The van der Waals surface area contributed by atoms with Crippen molar-refractivity contribution < 1.29 is 8.42 Å². The average Bonchev–Trinajstić information content (AvgIpc) is 2.62. The third-order valence-electron chi connectivity index (χ3n) is 4.27. The zero-order chi connectivity index (χ0) is 17.9. The fourth-order valence-corrected chi connectivity index (χ4v) is 3.92. The van der Waals surface area contributed by atoms with Crippen LogP contribution in [0.1, 0.15) is 6.92 Å². The Morgan fingerprint density at radius 2 is 1.76 bits per heavy atom. The third-order valence-corrected chi connectivity index (χ3v) is 5.92. The summed E-state index contributed by atoms with van der Waals surface area (Å²) in [5, 5.41) is 0.494. The number of likely N-dealkylation sites (N-methyl/N-ethyl adjacent to an activating group) is 1. The van der Waals surface area contributed by atoms with Crippen molar-refractivity contribution in [1.82, 2.24) is 9.88 Å². The second-order valence-electron chi connectivity index (χ2n) is 5.89. The second kappa shape index (κ2) is 7.59. The van der Waals surface area contributed by atoms with Gasteiger partial charge in [-0.05, 0) is 42.9 Å². The summed E-state index contributed by atoms with van der Waals surface area (Å²) in [5.74, 6) is 0.866. The van der Waals surface area contributed by atoms with Crippen LogP contribution >= 0.6 is 11.6 Å². The maximum atomic E-state index is 12.4. The van der Waals surface area contributed by atoms with Crippen LogP contribution in [0.4, 0.5) is 11.5 Å². The van der Waals surface area contributed by atoms with Crippen molar-refractivity contribution >= 4 is 33.1 Å². The quantitative estimate of drug-likeness (QED) is 0.863. The summed E-state index contributed by atoms with van der Waals surface area (Å²) < 4.78 is 27.3. The number of nitrogens with one attached hydrogen (secondary N) is 1. The smallest absolute Gasteiger partial charge is 0.261 e. The Morgan fingerprint density at radius 1 is 1.08 bits per heavy atom. The Labute approximate surface area is 153 Å². The van der Waals surface area contributed by atoms with E-state index < -0.39 is 10.0 Å². The summed E-state index contributed by atoms with van der Waals surface area (Å²) in [6.07, 6.45) is 1.55. The van der Waals surface area contributed by atoms with Gasteiger partial charge in [0.1, 0.15) is 5.82 Å². The van der Waals surface area contributed by atoms with Gasteiger partial charge in [0, 0.05) is 31.2 Å². The van der Waals surface area contributed by atoms with Gasteiger partial charge < -0.3 is 9.80 Å². The highest BCUT2D eigenvalue weighted by atomic mass is 35.5. The number of benzene rings is 1. The lowest BCUT2D eigenvalue weighted by atomic mass is 10.3. The number of hydrogen-bond acceptors (Lipinski definition) is 5. The lowest BCUT2D eigenvalue weighted by molar-refractivity contribution is 0.270. The second-order valence-corrected chi connectivity index (χ2v) is 8.00. The zero-order valence-corrected chi connectivity index (χ0v) is 15.6. The van der Waals surface area contributed by atoms with Crippen LogP contribution < -0.4 is 9.62 Å².